The van der Waals surface area contributed by atoms with Crippen molar-refractivity contribution in [3.63, 3.8) is 0 Å². The van der Waals surface area contributed by atoms with Crippen LogP contribution in [0, 0.1) is 0 Å². The largest absolute Gasteiger partial charge is 0.399 e. The lowest BCUT2D eigenvalue weighted by atomic mass is 10.1. The molecule has 2 rings (SSSR count). The second-order valence-electron chi connectivity index (χ2n) is 4.60. The molecule has 0 unspecified atom stereocenters. The number of nitrogens with zero attached hydrogens (tertiary/aromatic N) is 2. The number of benzene rings is 1. The zero-order valence-electron chi connectivity index (χ0n) is 10.7. The number of aromatic nitrogens is 2. The Morgan fingerprint density at radius 2 is 2.00 bits per heavy atom. The van der Waals surface area contributed by atoms with Crippen LogP contribution in [0.5, 0.6) is 0 Å². The maximum atomic E-state index is 11.6. The predicted molar refractivity (Wildman–Crippen MR) is 73.8 cm³/mol. The number of sulfonamides is 1. The molecule has 1 heterocycles. The normalized spacial score (nSPS) is 12.0. The molecular formula is C12H16N4O2S. The first kappa shape index (κ1) is 13.6. The summed E-state index contributed by atoms with van der Waals surface area (Å²) in [6.07, 6.45) is 3.39. The van der Waals surface area contributed by atoms with Gasteiger partial charge in [-0.1, -0.05) is 6.07 Å². The Bertz CT molecular complexity index is 704. The van der Waals surface area contributed by atoms with Crippen molar-refractivity contribution in [2.75, 3.05) is 5.73 Å². The minimum atomic E-state index is -3.83. The van der Waals surface area contributed by atoms with Crippen LogP contribution in [0.2, 0.25) is 0 Å². The number of anilines is 1. The van der Waals surface area contributed by atoms with Crippen LogP contribution in [-0.4, -0.2) is 18.2 Å². The molecule has 0 bridgehead atoms. The maximum Gasteiger partial charge on any atom is 0.238 e. The molecule has 0 aliphatic carbocycles. The molecule has 6 nitrogen and oxygen atoms in total. The summed E-state index contributed by atoms with van der Waals surface area (Å²) < 4.78 is 25.0. The Labute approximate surface area is 112 Å². The van der Waals surface area contributed by atoms with E-state index >= 15 is 0 Å². The fourth-order valence-electron chi connectivity index (χ4n) is 1.77. The topological polar surface area (TPSA) is 104 Å². The highest BCUT2D eigenvalue weighted by molar-refractivity contribution is 7.89. The average molecular weight is 280 g/mol. The molecule has 0 aliphatic heterocycles. The summed E-state index contributed by atoms with van der Waals surface area (Å²) in [4.78, 5) is 0.0100. The number of primary sulfonamides is 1. The summed E-state index contributed by atoms with van der Waals surface area (Å²) in [5, 5.41) is 9.41. The first-order chi connectivity index (χ1) is 8.79. The molecule has 102 valence electrons. The molecule has 0 radical (unpaired) electrons. The third kappa shape index (κ3) is 2.77. The van der Waals surface area contributed by atoms with Gasteiger partial charge in [0.1, 0.15) is 0 Å². The van der Waals surface area contributed by atoms with Gasteiger partial charge >= 0.3 is 0 Å². The van der Waals surface area contributed by atoms with Crippen LogP contribution < -0.4 is 10.9 Å². The van der Waals surface area contributed by atoms with Crippen molar-refractivity contribution in [1.82, 2.24) is 9.78 Å². The van der Waals surface area contributed by atoms with Gasteiger partial charge in [-0.3, -0.25) is 4.68 Å². The smallest absolute Gasteiger partial charge is 0.238 e. The van der Waals surface area contributed by atoms with E-state index in [1.54, 1.807) is 29.2 Å². The summed E-state index contributed by atoms with van der Waals surface area (Å²) >= 11 is 0. The molecule has 19 heavy (non-hydrogen) atoms. The monoisotopic (exact) mass is 280 g/mol. The lowest BCUT2D eigenvalue weighted by Gasteiger charge is -2.07. The van der Waals surface area contributed by atoms with E-state index in [4.69, 9.17) is 10.9 Å². The molecule has 7 heteroatoms. The Morgan fingerprint density at radius 3 is 2.53 bits per heavy atom. The van der Waals surface area contributed by atoms with E-state index in [0.29, 0.717) is 16.8 Å². The molecule has 0 saturated heterocycles. The second-order valence-corrected chi connectivity index (χ2v) is 6.13. The van der Waals surface area contributed by atoms with Crippen LogP contribution in [0.15, 0.2) is 35.5 Å². The Balaban J connectivity index is 2.61. The highest BCUT2D eigenvalue weighted by Crippen LogP contribution is 2.28. The molecule has 0 spiro atoms. The SMILES string of the molecule is CC(C)n1cc(-c2ccc(N)cc2S(N)(=O)=O)cn1. The van der Waals surface area contributed by atoms with E-state index in [1.165, 1.54) is 6.07 Å². The van der Waals surface area contributed by atoms with Gasteiger partial charge in [-0.15, -0.1) is 0 Å². The van der Waals surface area contributed by atoms with E-state index < -0.39 is 10.0 Å². The third-order valence-corrected chi connectivity index (χ3v) is 3.70. The Kier molecular flexibility index (Phi) is 3.34. The van der Waals surface area contributed by atoms with Crippen molar-refractivity contribution in [3.05, 3.63) is 30.6 Å². The fraction of sp³-hybridized carbons (Fsp3) is 0.250. The number of hydrogen-bond acceptors (Lipinski definition) is 4. The van der Waals surface area contributed by atoms with E-state index in [0.717, 1.165) is 0 Å². The van der Waals surface area contributed by atoms with Gasteiger partial charge in [0.2, 0.25) is 10.0 Å². The van der Waals surface area contributed by atoms with E-state index in [2.05, 4.69) is 5.10 Å². The quantitative estimate of drug-likeness (QED) is 0.828. The maximum absolute atomic E-state index is 11.6. The zero-order valence-corrected chi connectivity index (χ0v) is 11.6. The van der Waals surface area contributed by atoms with Crippen molar-refractivity contribution in [2.24, 2.45) is 5.14 Å². The molecule has 0 amide bonds. The van der Waals surface area contributed by atoms with Crippen molar-refractivity contribution in [3.8, 4) is 11.1 Å². The van der Waals surface area contributed by atoms with Crippen LogP contribution >= 0.6 is 0 Å². The predicted octanol–water partition coefficient (Wildman–Crippen LogP) is 1.36. The van der Waals surface area contributed by atoms with Crippen LogP contribution in [0.1, 0.15) is 19.9 Å². The average Bonchev–Trinajstić information content (AvgIpc) is 2.77. The van der Waals surface area contributed by atoms with E-state index in [9.17, 15) is 8.42 Å². The van der Waals surface area contributed by atoms with Gasteiger partial charge < -0.3 is 5.73 Å². The molecule has 0 saturated carbocycles. The molecule has 4 N–H and O–H groups in total. The lowest BCUT2D eigenvalue weighted by Crippen LogP contribution is -2.13. The lowest BCUT2D eigenvalue weighted by molar-refractivity contribution is 0.532. The standard InChI is InChI=1S/C12H16N4O2S/c1-8(2)16-7-9(6-15-16)11-4-3-10(13)5-12(11)19(14,17)18/h3-8H,13H2,1-2H3,(H2,14,17,18). The van der Waals surface area contributed by atoms with Gasteiger partial charge in [-0.05, 0) is 26.0 Å². The molecule has 1 aromatic heterocycles. The van der Waals surface area contributed by atoms with Gasteiger partial charge in [0.15, 0.2) is 0 Å². The summed E-state index contributed by atoms with van der Waals surface area (Å²) in [5.41, 5.74) is 7.16. The summed E-state index contributed by atoms with van der Waals surface area (Å²) in [5.74, 6) is 0. The minimum Gasteiger partial charge on any atom is -0.399 e. The number of nitrogens with two attached hydrogens (primary N) is 2. The van der Waals surface area contributed by atoms with Crippen molar-refractivity contribution < 1.29 is 8.42 Å². The number of hydrogen-bond donors (Lipinski definition) is 2. The van der Waals surface area contributed by atoms with Gasteiger partial charge in [0.05, 0.1) is 11.1 Å². The molecule has 0 atom stereocenters. The van der Waals surface area contributed by atoms with Gasteiger partial charge in [-0.2, -0.15) is 5.10 Å². The third-order valence-electron chi connectivity index (χ3n) is 2.75. The summed E-state index contributed by atoms with van der Waals surface area (Å²) in [6.45, 7) is 3.97. The van der Waals surface area contributed by atoms with E-state index in [-0.39, 0.29) is 10.9 Å². The summed E-state index contributed by atoms with van der Waals surface area (Å²) in [6, 6.07) is 4.82. The van der Waals surface area contributed by atoms with Crippen LogP contribution in [0.25, 0.3) is 11.1 Å². The molecule has 2 aromatic rings. The van der Waals surface area contributed by atoms with Gasteiger partial charge in [0, 0.05) is 29.1 Å². The van der Waals surface area contributed by atoms with Crippen LogP contribution in [0.3, 0.4) is 0 Å². The summed E-state index contributed by atoms with van der Waals surface area (Å²) in [7, 11) is -3.83. The van der Waals surface area contributed by atoms with Crippen molar-refractivity contribution >= 4 is 15.7 Å². The van der Waals surface area contributed by atoms with Crippen molar-refractivity contribution in [2.45, 2.75) is 24.8 Å². The minimum absolute atomic E-state index is 0.0100. The Morgan fingerprint density at radius 1 is 1.32 bits per heavy atom. The first-order valence-electron chi connectivity index (χ1n) is 5.76. The Hall–Kier alpha value is -1.86. The fourth-order valence-corrected chi connectivity index (χ4v) is 2.57. The van der Waals surface area contributed by atoms with E-state index in [1.807, 2.05) is 13.8 Å². The van der Waals surface area contributed by atoms with Crippen LogP contribution in [0.4, 0.5) is 5.69 Å². The number of nitrogen functional groups attached to an aromatic ring is 1. The van der Waals surface area contributed by atoms with Crippen molar-refractivity contribution in [1.29, 1.82) is 0 Å². The zero-order chi connectivity index (χ0) is 14.2. The van der Waals surface area contributed by atoms with Gasteiger partial charge in [-0.25, -0.2) is 13.6 Å². The number of rotatable bonds is 3. The molecule has 1 aromatic carbocycles. The highest BCUT2D eigenvalue weighted by Gasteiger charge is 2.17. The second kappa shape index (κ2) is 4.67. The molecular weight excluding hydrogens is 264 g/mol. The highest BCUT2D eigenvalue weighted by atomic mass is 32.2. The van der Waals surface area contributed by atoms with Gasteiger partial charge in [0.25, 0.3) is 0 Å². The first-order valence-corrected chi connectivity index (χ1v) is 7.30. The van der Waals surface area contributed by atoms with Crippen LogP contribution in [-0.2, 0) is 10.0 Å². The molecule has 0 aliphatic rings. The molecule has 0 fully saturated rings.